The van der Waals surface area contributed by atoms with E-state index in [2.05, 4.69) is 5.10 Å². The molecule has 0 spiro atoms. The van der Waals surface area contributed by atoms with Gasteiger partial charge in [-0.25, -0.2) is 4.79 Å². The summed E-state index contributed by atoms with van der Waals surface area (Å²) in [5.74, 6) is -1.17. The van der Waals surface area contributed by atoms with Crippen molar-refractivity contribution in [2.75, 3.05) is 5.73 Å². The SMILES string of the molecule is Nc1cc(O)c(Cn2nc(-c3ccc(C(F)(F)F)cc3)oc2=O)cc1Cl. The summed E-state index contributed by atoms with van der Waals surface area (Å²) in [6.45, 7) is -0.158. The fourth-order valence-electron chi connectivity index (χ4n) is 2.23. The molecule has 10 heteroatoms. The maximum Gasteiger partial charge on any atom is 0.437 e. The van der Waals surface area contributed by atoms with Crippen LogP contribution in [0, 0.1) is 0 Å². The highest BCUT2D eigenvalue weighted by atomic mass is 35.5. The number of nitrogens with zero attached hydrogens (tertiary/aromatic N) is 2. The summed E-state index contributed by atoms with van der Waals surface area (Å²) < 4.78 is 43.7. The summed E-state index contributed by atoms with van der Waals surface area (Å²) >= 11 is 5.89. The zero-order valence-corrected chi connectivity index (χ0v) is 13.7. The number of rotatable bonds is 3. The lowest BCUT2D eigenvalue weighted by Gasteiger charge is -2.06. The lowest BCUT2D eigenvalue weighted by molar-refractivity contribution is -0.137. The molecule has 2 aromatic carbocycles. The molecule has 3 N–H and O–H groups in total. The van der Waals surface area contributed by atoms with E-state index >= 15 is 0 Å². The largest absolute Gasteiger partial charge is 0.508 e. The Labute approximate surface area is 149 Å². The lowest BCUT2D eigenvalue weighted by Crippen LogP contribution is -2.16. The molecule has 0 aliphatic heterocycles. The second-order valence-corrected chi connectivity index (χ2v) is 5.82. The average Bonchev–Trinajstić information content (AvgIpc) is 2.93. The van der Waals surface area contributed by atoms with Gasteiger partial charge in [-0.15, -0.1) is 5.10 Å². The molecule has 0 atom stereocenters. The van der Waals surface area contributed by atoms with Crippen LogP contribution in [0.1, 0.15) is 11.1 Å². The van der Waals surface area contributed by atoms with E-state index in [0.717, 1.165) is 28.9 Å². The van der Waals surface area contributed by atoms with E-state index in [0.29, 0.717) is 0 Å². The van der Waals surface area contributed by atoms with Crippen LogP contribution in [-0.2, 0) is 12.7 Å². The second-order valence-electron chi connectivity index (χ2n) is 5.41. The van der Waals surface area contributed by atoms with Crippen LogP contribution >= 0.6 is 11.6 Å². The van der Waals surface area contributed by atoms with Crippen molar-refractivity contribution < 1.29 is 22.7 Å². The highest BCUT2D eigenvalue weighted by Crippen LogP contribution is 2.31. The van der Waals surface area contributed by atoms with Crippen molar-refractivity contribution in [2.45, 2.75) is 12.7 Å². The molecule has 0 bridgehead atoms. The van der Waals surface area contributed by atoms with E-state index in [-0.39, 0.29) is 40.0 Å². The van der Waals surface area contributed by atoms with Gasteiger partial charge in [0, 0.05) is 17.2 Å². The van der Waals surface area contributed by atoms with Crippen LogP contribution in [0.15, 0.2) is 45.6 Å². The first kappa shape index (κ1) is 17.9. The Hall–Kier alpha value is -2.94. The summed E-state index contributed by atoms with van der Waals surface area (Å²) in [5.41, 5.74) is 5.38. The molecule has 0 radical (unpaired) electrons. The third-order valence-corrected chi connectivity index (χ3v) is 3.91. The topological polar surface area (TPSA) is 94.3 Å². The number of phenols is 1. The van der Waals surface area contributed by atoms with Gasteiger partial charge in [0.25, 0.3) is 0 Å². The Bertz CT molecular complexity index is 1010. The smallest absolute Gasteiger partial charge is 0.437 e. The molecule has 0 aliphatic rings. The number of halogens is 4. The quantitative estimate of drug-likeness (QED) is 0.673. The predicted molar refractivity (Wildman–Crippen MR) is 87.8 cm³/mol. The Kier molecular flexibility index (Phi) is 4.41. The van der Waals surface area contributed by atoms with Crippen LogP contribution < -0.4 is 11.5 Å². The zero-order valence-electron chi connectivity index (χ0n) is 12.9. The first-order valence-electron chi connectivity index (χ1n) is 7.17. The molecule has 1 heterocycles. The number of nitrogens with two attached hydrogens (primary N) is 1. The molecule has 0 saturated carbocycles. The van der Waals surface area contributed by atoms with Crippen LogP contribution in [0.2, 0.25) is 5.02 Å². The van der Waals surface area contributed by atoms with Crippen molar-refractivity contribution in [1.82, 2.24) is 9.78 Å². The van der Waals surface area contributed by atoms with E-state index in [1.165, 1.54) is 12.1 Å². The van der Waals surface area contributed by atoms with Gasteiger partial charge in [0.1, 0.15) is 5.75 Å². The zero-order chi connectivity index (χ0) is 19.1. The van der Waals surface area contributed by atoms with Gasteiger partial charge in [0.15, 0.2) is 0 Å². The normalized spacial score (nSPS) is 11.7. The van der Waals surface area contributed by atoms with Crippen LogP contribution in [0.5, 0.6) is 5.75 Å². The molecule has 136 valence electrons. The average molecular weight is 386 g/mol. The van der Waals surface area contributed by atoms with Crippen LogP contribution in [0.25, 0.3) is 11.5 Å². The monoisotopic (exact) mass is 385 g/mol. The molecule has 6 nitrogen and oxygen atoms in total. The fourth-order valence-corrected chi connectivity index (χ4v) is 2.42. The van der Waals surface area contributed by atoms with Crippen molar-refractivity contribution in [2.24, 2.45) is 0 Å². The molecule has 3 aromatic rings. The fraction of sp³-hybridized carbons (Fsp3) is 0.125. The van der Waals surface area contributed by atoms with Gasteiger partial charge in [-0.2, -0.15) is 17.9 Å². The van der Waals surface area contributed by atoms with Gasteiger partial charge < -0.3 is 15.3 Å². The van der Waals surface area contributed by atoms with Gasteiger partial charge >= 0.3 is 11.9 Å². The van der Waals surface area contributed by atoms with Gasteiger partial charge in [-0.05, 0) is 30.3 Å². The Morgan fingerprint density at radius 1 is 1.23 bits per heavy atom. The number of benzene rings is 2. The van der Waals surface area contributed by atoms with Crippen molar-refractivity contribution in [3.8, 4) is 17.2 Å². The summed E-state index contributed by atoms with van der Waals surface area (Å²) in [6, 6.07) is 6.64. The first-order valence-corrected chi connectivity index (χ1v) is 7.55. The Morgan fingerprint density at radius 3 is 2.50 bits per heavy atom. The summed E-state index contributed by atoms with van der Waals surface area (Å²) in [7, 11) is 0. The van der Waals surface area contributed by atoms with Crippen LogP contribution in [0.4, 0.5) is 18.9 Å². The molecule has 3 rings (SSSR count). The Balaban J connectivity index is 1.90. The lowest BCUT2D eigenvalue weighted by atomic mass is 10.1. The van der Waals surface area contributed by atoms with Crippen LogP contribution in [-0.4, -0.2) is 14.9 Å². The molecule has 1 aromatic heterocycles. The summed E-state index contributed by atoms with van der Waals surface area (Å²) in [4.78, 5) is 11.9. The number of hydrogen-bond acceptors (Lipinski definition) is 5. The molecule has 0 amide bonds. The number of aromatic nitrogens is 2. The molecular weight excluding hydrogens is 375 g/mol. The van der Waals surface area contributed by atoms with Gasteiger partial charge in [0.2, 0.25) is 5.89 Å². The number of hydrogen-bond donors (Lipinski definition) is 2. The number of phenolic OH excluding ortho intramolecular Hbond substituents is 1. The minimum absolute atomic E-state index is 0.148. The number of aromatic hydroxyl groups is 1. The van der Waals surface area contributed by atoms with Crippen molar-refractivity contribution in [3.05, 3.63) is 63.1 Å². The molecule has 0 unspecified atom stereocenters. The van der Waals surface area contributed by atoms with E-state index in [9.17, 15) is 23.1 Å². The summed E-state index contributed by atoms with van der Waals surface area (Å²) in [5, 5.41) is 14.0. The molecule has 0 fully saturated rings. The van der Waals surface area contributed by atoms with Gasteiger partial charge in [-0.1, -0.05) is 11.6 Å². The molecule has 0 aliphatic carbocycles. The highest BCUT2D eigenvalue weighted by Gasteiger charge is 2.30. The molecular formula is C16H11ClF3N3O3. The molecule has 26 heavy (non-hydrogen) atoms. The molecule has 0 saturated heterocycles. The van der Waals surface area contributed by atoms with Crippen LogP contribution in [0.3, 0.4) is 0 Å². The van der Waals surface area contributed by atoms with Gasteiger partial charge in [-0.3, -0.25) is 0 Å². The highest BCUT2D eigenvalue weighted by molar-refractivity contribution is 6.33. The van der Waals surface area contributed by atoms with Crippen molar-refractivity contribution in [3.63, 3.8) is 0 Å². The third kappa shape index (κ3) is 3.52. The van der Waals surface area contributed by atoms with E-state index in [1.54, 1.807) is 0 Å². The first-order chi connectivity index (χ1) is 12.1. The number of nitrogen functional groups attached to an aromatic ring is 1. The standard InChI is InChI=1S/C16H11ClF3N3O3/c17-11-5-9(13(24)6-12(11)21)7-23-15(25)26-14(22-23)8-1-3-10(4-2-8)16(18,19)20/h1-6,24H,7,21H2. The number of alkyl halides is 3. The second kappa shape index (κ2) is 6.41. The van der Waals surface area contributed by atoms with E-state index < -0.39 is 17.5 Å². The van der Waals surface area contributed by atoms with Crippen molar-refractivity contribution >= 4 is 17.3 Å². The minimum Gasteiger partial charge on any atom is -0.508 e. The summed E-state index contributed by atoms with van der Waals surface area (Å²) in [6.07, 6.45) is -4.47. The maximum absolute atomic E-state index is 12.6. The van der Waals surface area contributed by atoms with E-state index in [4.69, 9.17) is 21.8 Å². The minimum atomic E-state index is -4.47. The third-order valence-electron chi connectivity index (χ3n) is 3.58. The Morgan fingerprint density at radius 2 is 1.88 bits per heavy atom. The maximum atomic E-state index is 12.6. The van der Waals surface area contributed by atoms with E-state index in [1.807, 2.05) is 0 Å². The predicted octanol–water partition coefficient (Wildman–Crippen LogP) is 3.51. The number of anilines is 1. The van der Waals surface area contributed by atoms with Gasteiger partial charge in [0.05, 0.1) is 22.8 Å². The van der Waals surface area contributed by atoms with Crippen molar-refractivity contribution in [1.29, 1.82) is 0 Å².